The number of non-ortho nitro benzene ring substituents is 1. The number of rotatable bonds is 6. The standard InChI is InChI=1S/C15H21N3O4/c1-10(2)22-14-4-3-13(18(20)21)7-12(14)9-17-6-5-11(8-17)15(16)19/h3-4,7,10-11H,5-6,8-9H2,1-2H3,(H2,16,19). The van der Waals surface area contributed by atoms with Crippen LogP contribution in [0.3, 0.4) is 0 Å². The molecule has 120 valence electrons. The molecule has 1 fully saturated rings. The number of nitro benzene ring substituents is 1. The molecule has 0 saturated carbocycles. The molecule has 0 aromatic heterocycles. The van der Waals surface area contributed by atoms with Gasteiger partial charge in [0.2, 0.25) is 5.91 Å². The molecule has 0 bridgehead atoms. The molecule has 1 saturated heterocycles. The highest BCUT2D eigenvalue weighted by Crippen LogP contribution is 2.28. The first-order chi connectivity index (χ1) is 10.4. The van der Waals surface area contributed by atoms with E-state index in [0.29, 0.717) is 18.8 Å². The summed E-state index contributed by atoms with van der Waals surface area (Å²) in [6, 6.07) is 4.61. The lowest BCUT2D eigenvalue weighted by atomic mass is 10.1. The Morgan fingerprint density at radius 3 is 2.82 bits per heavy atom. The summed E-state index contributed by atoms with van der Waals surface area (Å²) in [6.45, 7) is 5.65. The van der Waals surface area contributed by atoms with Crippen LogP contribution < -0.4 is 10.5 Å². The van der Waals surface area contributed by atoms with Crippen molar-refractivity contribution in [3.8, 4) is 5.75 Å². The van der Waals surface area contributed by atoms with Crippen molar-refractivity contribution in [1.82, 2.24) is 4.90 Å². The van der Waals surface area contributed by atoms with Crippen LogP contribution in [-0.2, 0) is 11.3 Å². The van der Waals surface area contributed by atoms with Crippen molar-refractivity contribution < 1.29 is 14.5 Å². The Bertz CT molecular complexity index is 574. The van der Waals surface area contributed by atoms with Crippen LogP contribution in [-0.4, -0.2) is 34.9 Å². The van der Waals surface area contributed by atoms with Gasteiger partial charge in [0.1, 0.15) is 5.75 Å². The van der Waals surface area contributed by atoms with Crippen molar-refractivity contribution in [3.05, 3.63) is 33.9 Å². The Kier molecular flexibility index (Phi) is 4.97. The van der Waals surface area contributed by atoms with E-state index in [1.54, 1.807) is 6.07 Å². The van der Waals surface area contributed by atoms with Crippen molar-refractivity contribution in [3.63, 3.8) is 0 Å². The number of primary amides is 1. The van der Waals surface area contributed by atoms with Crippen LogP contribution in [0.25, 0.3) is 0 Å². The second kappa shape index (κ2) is 6.74. The van der Waals surface area contributed by atoms with E-state index in [1.165, 1.54) is 12.1 Å². The molecule has 7 nitrogen and oxygen atoms in total. The van der Waals surface area contributed by atoms with Crippen molar-refractivity contribution in [2.45, 2.75) is 32.9 Å². The number of amides is 1. The molecule has 1 aliphatic heterocycles. The smallest absolute Gasteiger partial charge is 0.270 e. The predicted molar refractivity (Wildman–Crippen MR) is 81.4 cm³/mol. The minimum absolute atomic E-state index is 0.0165. The lowest BCUT2D eigenvalue weighted by Gasteiger charge is -2.19. The Labute approximate surface area is 129 Å². The fourth-order valence-electron chi connectivity index (χ4n) is 2.62. The number of ether oxygens (including phenoxy) is 1. The largest absolute Gasteiger partial charge is 0.491 e. The molecule has 1 amide bonds. The average Bonchev–Trinajstić information content (AvgIpc) is 2.88. The van der Waals surface area contributed by atoms with Gasteiger partial charge in [-0.3, -0.25) is 19.8 Å². The van der Waals surface area contributed by atoms with Crippen LogP contribution in [0, 0.1) is 16.0 Å². The van der Waals surface area contributed by atoms with Crippen LogP contribution in [0.15, 0.2) is 18.2 Å². The summed E-state index contributed by atoms with van der Waals surface area (Å²) in [5.74, 6) is 0.205. The molecular formula is C15H21N3O4. The Balaban J connectivity index is 2.18. The minimum Gasteiger partial charge on any atom is -0.491 e. The van der Waals surface area contributed by atoms with E-state index in [0.717, 1.165) is 18.5 Å². The van der Waals surface area contributed by atoms with Crippen LogP contribution in [0.1, 0.15) is 25.8 Å². The summed E-state index contributed by atoms with van der Waals surface area (Å²) in [4.78, 5) is 23.8. The molecule has 0 spiro atoms. The average molecular weight is 307 g/mol. The lowest BCUT2D eigenvalue weighted by molar-refractivity contribution is -0.385. The van der Waals surface area contributed by atoms with Gasteiger partial charge in [-0.1, -0.05) is 0 Å². The first-order valence-corrected chi connectivity index (χ1v) is 7.32. The molecule has 2 N–H and O–H groups in total. The molecule has 1 atom stereocenters. The summed E-state index contributed by atoms with van der Waals surface area (Å²) >= 11 is 0. The Morgan fingerprint density at radius 2 is 2.27 bits per heavy atom. The minimum atomic E-state index is -0.418. The summed E-state index contributed by atoms with van der Waals surface area (Å²) < 4.78 is 5.72. The van der Waals surface area contributed by atoms with Crippen LogP contribution in [0.4, 0.5) is 5.69 Å². The van der Waals surface area contributed by atoms with Gasteiger partial charge < -0.3 is 10.5 Å². The molecule has 1 unspecified atom stereocenters. The van der Waals surface area contributed by atoms with E-state index in [4.69, 9.17) is 10.5 Å². The van der Waals surface area contributed by atoms with Crippen molar-refractivity contribution in [2.75, 3.05) is 13.1 Å². The molecule has 1 aromatic rings. The Morgan fingerprint density at radius 1 is 1.55 bits per heavy atom. The van der Waals surface area contributed by atoms with Crippen LogP contribution in [0.2, 0.25) is 0 Å². The maximum absolute atomic E-state index is 11.2. The molecular weight excluding hydrogens is 286 g/mol. The van der Waals surface area contributed by atoms with Gasteiger partial charge in [0, 0.05) is 30.8 Å². The van der Waals surface area contributed by atoms with Gasteiger partial charge in [-0.05, 0) is 32.9 Å². The lowest BCUT2D eigenvalue weighted by Crippen LogP contribution is -2.27. The zero-order chi connectivity index (χ0) is 16.3. The molecule has 7 heteroatoms. The molecule has 22 heavy (non-hydrogen) atoms. The number of carbonyl (C=O) groups excluding carboxylic acids is 1. The maximum atomic E-state index is 11.2. The third kappa shape index (κ3) is 3.94. The number of carbonyl (C=O) groups is 1. The Hall–Kier alpha value is -2.15. The normalized spacial score (nSPS) is 18.6. The number of nitro groups is 1. The van der Waals surface area contributed by atoms with E-state index in [9.17, 15) is 14.9 Å². The van der Waals surface area contributed by atoms with E-state index in [-0.39, 0.29) is 23.6 Å². The molecule has 2 rings (SSSR count). The third-order valence-corrected chi connectivity index (χ3v) is 3.69. The fourth-order valence-corrected chi connectivity index (χ4v) is 2.62. The van der Waals surface area contributed by atoms with Gasteiger partial charge in [0.15, 0.2) is 0 Å². The summed E-state index contributed by atoms with van der Waals surface area (Å²) in [5, 5.41) is 11.0. The maximum Gasteiger partial charge on any atom is 0.270 e. The van der Waals surface area contributed by atoms with Crippen LogP contribution >= 0.6 is 0 Å². The first-order valence-electron chi connectivity index (χ1n) is 7.32. The molecule has 1 heterocycles. The quantitative estimate of drug-likeness (QED) is 0.637. The van der Waals surface area contributed by atoms with E-state index in [2.05, 4.69) is 4.90 Å². The zero-order valence-corrected chi connectivity index (χ0v) is 12.8. The number of likely N-dealkylation sites (tertiary alicyclic amines) is 1. The van der Waals surface area contributed by atoms with E-state index >= 15 is 0 Å². The highest BCUT2D eigenvalue weighted by Gasteiger charge is 2.27. The molecule has 1 aliphatic rings. The second-order valence-corrected chi connectivity index (χ2v) is 5.84. The first kappa shape index (κ1) is 16.2. The SMILES string of the molecule is CC(C)Oc1ccc([N+](=O)[O-])cc1CN1CCC(C(N)=O)C1. The highest BCUT2D eigenvalue weighted by atomic mass is 16.6. The van der Waals surface area contributed by atoms with Gasteiger partial charge >= 0.3 is 0 Å². The molecule has 1 aromatic carbocycles. The third-order valence-electron chi connectivity index (χ3n) is 3.69. The van der Waals surface area contributed by atoms with Crippen molar-refractivity contribution >= 4 is 11.6 Å². The van der Waals surface area contributed by atoms with Gasteiger partial charge in [-0.15, -0.1) is 0 Å². The predicted octanol–water partition coefficient (Wildman–Crippen LogP) is 1.69. The summed E-state index contributed by atoms with van der Waals surface area (Å²) in [5.41, 5.74) is 6.13. The number of hydrogen-bond donors (Lipinski definition) is 1. The van der Waals surface area contributed by atoms with Crippen LogP contribution in [0.5, 0.6) is 5.75 Å². The van der Waals surface area contributed by atoms with E-state index < -0.39 is 4.92 Å². The molecule has 0 aliphatic carbocycles. The van der Waals surface area contributed by atoms with Gasteiger partial charge in [-0.25, -0.2) is 0 Å². The number of nitrogens with two attached hydrogens (primary N) is 1. The monoisotopic (exact) mass is 307 g/mol. The number of nitrogens with zero attached hydrogens (tertiary/aromatic N) is 2. The summed E-state index contributed by atoms with van der Waals surface area (Å²) in [6.07, 6.45) is 0.710. The van der Waals surface area contributed by atoms with Crippen molar-refractivity contribution in [2.24, 2.45) is 11.7 Å². The zero-order valence-electron chi connectivity index (χ0n) is 12.8. The number of hydrogen-bond acceptors (Lipinski definition) is 5. The highest BCUT2D eigenvalue weighted by molar-refractivity contribution is 5.77. The second-order valence-electron chi connectivity index (χ2n) is 5.84. The topological polar surface area (TPSA) is 98.7 Å². The van der Waals surface area contributed by atoms with Gasteiger partial charge in [0.25, 0.3) is 5.69 Å². The van der Waals surface area contributed by atoms with Crippen molar-refractivity contribution in [1.29, 1.82) is 0 Å². The van der Waals surface area contributed by atoms with Gasteiger partial charge in [0.05, 0.1) is 16.9 Å². The summed E-state index contributed by atoms with van der Waals surface area (Å²) in [7, 11) is 0. The number of benzene rings is 1. The molecule has 0 radical (unpaired) electrons. The fraction of sp³-hybridized carbons (Fsp3) is 0.533. The van der Waals surface area contributed by atoms with E-state index in [1.807, 2.05) is 13.8 Å². The van der Waals surface area contributed by atoms with Gasteiger partial charge in [-0.2, -0.15) is 0 Å².